The molecule has 1 aromatic carbocycles. The number of aromatic carboxylic acids is 1. The van der Waals surface area contributed by atoms with Crippen molar-refractivity contribution in [3.63, 3.8) is 0 Å². The predicted octanol–water partition coefficient (Wildman–Crippen LogP) is 1.30. The maximum absolute atomic E-state index is 12.4. The molecule has 0 fully saturated rings. The zero-order valence-electron chi connectivity index (χ0n) is 14.2. The molecule has 0 amide bonds. The van der Waals surface area contributed by atoms with E-state index in [-0.39, 0.29) is 40.4 Å². The van der Waals surface area contributed by atoms with E-state index in [0.717, 1.165) is 6.07 Å². The van der Waals surface area contributed by atoms with E-state index in [9.17, 15) is 29.9 Å². The minimum Gasteiger partial charge on any atom is -0.478 e. The molecule has 27 heavy (non-hydrogen) atoms. The van der Waals surface area contributed by atoms with E-state index >= 15 is 0 Å². The number of aliphatic hydroxyl groups is 2. The summed E-state index contributed by atoms with van der Waals surface area (Å²) >= 11 is 0. The lowest BCUT2D eigenvalue weighted by atomic mass is 9.92. The molecular weight excluding hydrogens is 360 g/mol. The van der Waals surface area contributed by atoms with Crippen molar-refractivity contribution in [3.05, 3.63) is 56.9 Å². The van der Waals surface area contributed by atoms with Crippen LogP contribution in [0.5, 0.6) is 0 Å². The fourth-order valence-corrected chi connectivity index (χ4v) is 2.63. The minimum absolute atomic E-state index is 0.0773. The molecule has 1 heterocycles. The number of esters is 1. The van der Waals surface area contributed by atoms with Crippen molar-refractivity contribution in [1.82, 2.24) is 4.98 Å². The highest BCUT2D eigenvalue weighted by atomic mass is 16.6. The number of aliphatic hydroxyl groups excluding tert-OH is 2. The number of non-ortho nitro benzene ring substituents is 1. The molecule has 0 saturated carbocycles. The quantitative estimate of drug-likeness (QED) is 0.367. The van der Waals surface area contributed by atoms with Gasteiger partial charge in [0, 0.05) is 17.7 Å². The van der Waals surface area contributed by atoms with Crippen LogP contribution in [0, 0.1) is 17.0 Å². The lowest BCUT2D eigenvalue weighted by Gasteiger charge is -2.17. The number of nitro groups is 1. The molecule has 3 N–H and O–H groups in total. The molecule has 0 aliphatic heterocycles. The Morgan fingerprint density at radius 2 is 1.96 bits per heavy atom. The first kappa shape index (κ1) is 19.9. The number of carboxylic acid groups (broad SMARTS) is 1. The lowest BCUT2D eigenvalue weighted by Crippen LogP contribution is -2.18. The highest BCUT2D eigenvalue weighted by molar-refractivity contribution is 6.06. The van der Waals surface area contributed by atoms with Crippen molar-refractivity contribution < 1.29 is 34.6 Å². The average molecular weight is 376 g/mol. The Hall–Kier alpha value is -3.37. The summed E-state index contributed by atoms with van der Waals surface area (Å²) in [7, 11) is 0. The molecule has 0 unspecified atom stereocenters. The van der Waals surface area contributed by atoms with Crippen molar-refractivity contribution >= 4 is 17.6 Å². The second-order valence-electron chi connectivity index (χ2n) is 5.40. The van der Waals surface area contributed by atoms with Crippen LogP contribution in [0.3, 0.4) is 0 Å². The monoisotopic (exact) mass is 376 g/mol. The third-order valence-corrected chi connectivity index (χ3v) is 3.69. The highest BCUT2D eigenvalue weighted by Gasteiger charge is 2.28. The summed E-state index contributed by atoms with van der Waals surface area (Å²) in [6, 6.07) is 5.08. The number of benzene rings is 1. The zero-order chi connectivity index (χ0) is 20.1. The van der Waals surface area contributed by atoms with E-state index in [1.54, 1.807) is 0 Å². The Labute approximate surface area is 152 Å². The summed E-state index contributed by atoms with van der Waals surface area (Å²) in [6.45, 7) is -0.0563. The van der Waals surface area contributed by atoms with Crippen LogP contribution in [-0.4, -0.2) is 50.4 Å². The number of hydrogen-bond donors (Lipinski definition) is 3. The number of carbonyl (C=O) groups excluding carboxylic acids is 1. The van der Waals surface area contributed by atoms with E-state index in [1.807, 2.05) is 0 Å². The van der Waals surface area contributed by atoms with E-state index < -0.39 is 35.6 Å². The molecule has 2 rings (SSSR count). The maximum Gasteiger partial charge on any atom is 0.340 e. The number of aryl methyl sites for hydroxylation is 1. The van der Waals surface area contributed by atoms with Crippen LogP contribution in [0.15, 0.2) is 24.3 Å². The SMILES string of the molecule is Cc1nc(CO)c(C(=O)O)c(-c2cccc([N+](=O)[O-])c2)c1C(=O)OCCO. The number of carboxylic acids is 1. The normalized spacial score (nSPS) is 10.5. The number of nitro benzene ring substituents is 1. The van der Waals surface area contributed by atoms with Crippen LogP contribution in [0.2, 0.25) is 0 Å². The van der Waals surface area contributed by atoms with Gasteiger partial charge in [-0.1, -0.05) is 12.1 Å². The number of carbonyl (C=O) groups is 2. The van der Waals surface area contributed by atoms with E-state index in [1.165, 1.54) is 25.1 Å². The molecule has 0 atom stereocenters. The molecule has 0 bridgehead atoms. The number of aromatic nitrogens is 1. The van der Waals surface area contributed by atoms with Gasteiger partial charge in [0.2, 0.25) is 0 Å². The summed E-state index contributed by atoms with van der Waals surface area (Å²) < 4.78 is 4.89. The van der Waals surface area contributed by atoms with Gasteiger partial charge in [0.15, 0.2) is 0 Å². The highest BCUT2D eigenvalue weighted by Crippen LogP contribution is 2.34. The summed E-state index contributed by atoms with van der Waals surface area (Å²) in [5.74, 6) is -2.41. The fourth-order valence-electron chi connectivity index (χ4n) is 2.63. The molecule has 0 saturated heterocycles. The first-order valence-corrected chi connectivity index (χ1v) is 7.72. The predicted molar refractivity (Wildman–Crippen MR) is 91.3 cm³/mol. The second-order valence-corrected chi connectivity index (χ2v) is 5.40. The van der Waals surface area contributed by atoms with Crippen molar-refractivity contribution in [3.8, 4) is 11.1 Å². The van der Waals surface area contributed by atoms with Crippen LogP contribution < -0.4 is 0 Å². The number of rotatable bonds is 7. The summed E-state index contributed by atoms with van der Waals surface area (Å²) in [5.41, 5.74) is -1.16. The average Bonchev–Trinajstić information content (AvgIpc) is 2.64. The van der Waals surface area contributed by atoms with Gasteiger partial charge in [0.1, 0.15) is 6.61 Å². The Bertz CT molecular complexity index is 910. The van der Waals surface area contributed by atoms with Gasteiger partial charge in [0.25, 0.3) is 5.69 Å². The van der Waals surface area contributed by atoms with Gasteiger partial charge < -0.3 is 20.1 Å². The Balaban J connectivity index is 2.87. The third kappa shape index (κ3) is 4.07. The number of nitrogens with zero attached hydrogens (tertiary/aromatic N) is 2. The van der Waals surface area contributed by atoms with Gasteiger partial charge in [0.05, 0.1) is 40.7 Å². The molecule has 10 heteroatoms. The Morgan fingerprint density at radius 3 is 2.52 bits per heavy atom. The number of ether oxygens (including phenoxy) is 1. The molecule has 0 spiro atoms. The molecular formula is C17H16N2O8. The number of pyridine rings is 1. The topological polar surface area (TPSA) is 160 Å². The Morgan fingerprint density at radius 1 is 1.26 bits per heavy atom. The van der Waals surface area contributed by atoms with Crippen LogP contribution in [0.1, 0.15) is 32.1 Å². The molecule has 0 aliphatic rings. The molecule has 1 aromatic heterocycles. The van der Waals surface area contributed by atoms with Gasteiger partial charge in [-0.15, -0.1) is 0 Å². The summed E-state index contributed by atoms with van der Waals surface area (Å²) in [6.07, 6.45) is 0. The lowest BCUT2D eigenvalue weighted by molar-refractivity contribution is -0.384. The summed E-state index contributed by atoms with van der Waals surface area (Å²) in [5, 5.41) is 39.0. The molecule has 2 aromatic rings. The van der Waals surface area contributed by atoms with Crippen LogP contribution >= 0.6 is 0 Å². The van der Waals surface area contributed by atoms with Crippen LogP contribution in [0.25, 0.3) is 11.1 Å². The van der Waals surface area contributed by atoms with Crippen molar-refractivity contribution in [2.24, 2.45) is 0 Å². The zero-order valence-corrected chi connectivity index (χ0v) is 14.2. The third-order valence-electron chi connectivity index (χ3n) is 3.69. The first-order chi connectivity index (χ1) is 12.8. The first-order valence-electron chi connectivity index (χ1n) is 7.72. The van der Waals surface area contributed by atoms with Gasteiger partial charge in [-0.2, -0.15) is 0 Å². The van der Waals surface area contributed by atoms with Crippen molar-refractivity contribution in [2.45, 2.75) is 13.5 Å². The fraction of sp³-hybridized carbons (Fsp3) is 0.235. The second kappa shape index (κ2) is 8.34. The smallest absolute Gasteiger partial charge is 0.340 e. The molecule has 10 nitrogen and oxygen atoms in total. The van der Waals surface area contributed by atoms with Crippen LogP contribution in [-0.2, 0) is 11.3 Å². The van der Waals surface area contributed by atoms with Crippen molar-refractivity contribution in [1.29, 1.82) is 0 Å². The van der Waals surface area contributed by atoms with Gasteiger partial charge in [-0.05, 0) is 12.5 Å². The maximum atomic E-state index is 12.4. The minimum atomic E-state index is -1.47. The molecule has 0 aliphatic carbocycles. The standard InChI is InChI=1S/C17H16N2O8/c1-9-13(17(24)27-6-5-20)14(15(16(22)23)12(8-21)18-9)10-3-2-4-11(7-10)19(25)26/h2-4,7,20-21H,5-6,8H2,1H3,(H,22,23). The Kier molecular flexibility index (Phi) is 6.16. The molecule has 142 valence electrons. The van der Waals surface area contributed by atoms with Crippen LogP contribution in [0.4, 0.5) is 5.69 Å². The summed E-state index contributed by atoms with van der Waals surface area (Å²) in [4.78, 5) is 38.6. The largest absolute Gasteiger partial charge is 0.478 e. The van der Waals surface area contributed by atoms with Gasteiger partial charge in [-0.3, -0.25) is 15.1 Å². The van der Waals surface area contributed by atoms with Crippen molar-refractivity contribution in [2.75, 3.05) is 13.2 Å². The van der Waals surface area contributed by atoms with E-state index in [4.69, 9.17) is 9.84 Å². The van der Waals surface area contributed by atoms with E-state index in [0.29, 0.717) is 0 Å². The van der Waals surface area contributed by atoms with Gasteiger partial charge in [-0.25, -0.2) is 9.59 Å². The number of hydrogen-bond acceptors (Lipinski definition) is 8. The van der Waals surface area contributed by atoms with E-state index in [2.05, 4.69) is 4.98 Å². The molecule has 0 radical (unpaired) electrons. The van der Waals surface area contributed by atoms with Gasteiger partial charge >= 0.3 is 11.9 Å².